The van der Waals surface area contributed by atoms with E-state index in [9.17, 15) is 0 Å². The molecule has 0 saturated carbocycles. The first kappa shape index (κ1) is 7.60. The Kier molecular flexibility index (Phi) is 2.26. The van der Waals surface area contributed by atoms with Gasteiger partial charge in [0.05, 0.1) is 0 Å². The predicted octanol–water partition coefficient (Wildman–Crippen LogP) is 3.40. The van der Waals surface area contributed by atoms with Gasteiger partial charge in [0.2, 0.25) is 0 Å². The third-order valence-corrected chi connectivity index (χ3v) is 2.49. The summed E-state index contributed by atoms with van der Waals surface area (Å²) in [5.41, 5.74) is 1.50. The molecule has 0 nitrogen and oxygen atoms in total. The van der Waals surface area contributed by atoms with E-state index in [0.717, 1.165) is 0 Å². The number of allylic oxidation sites excluding steroid dienone is 8. The third-order valence-electron chi connectivity index (χ3n) is 2.49. The second kappa shape index (κ2) is 3.57. The van der Waals surface area contributed by atoms with Gasteiger partial charge in [-0.1, -0.05) is 42.5 Å². The quantitative estimate of drug-likeness (QED) is 0.507. The lowest BCUT2D eigenvalue weighted by Gasteiger charge is -2.19. The lowest BCUT2D eigenvalue weighted by Crippen LogP contribution is -2.04. The molecule has 0 aromatic rings. The van der Waals surface area contributed by atoms with Crippen LogP contribution in [0.3, 0.4) is 0 Å². The van der Waals surface area contributed by atoms with E-state index in [1.165, 1.54) is 24.8 Å². The van der Waals surface area contributed by atoms with Gasteiger partial charge >= 0.3 is 0 Å². The summed E-state index contributed by atoms with van der Waals surface area (Å²) >= 11 is 0. The van der Waals surface area contributed by atoms with Gasteiger partial charge in [-0.05, 0) is 24.8 Å². The number of hydrogen-bond donors (Lipinski definition) is 0. The summed E-state index contributed by atoms with van der Waals surface area (Å²) in [5, 5.41) is 0. The number of hydrogen-bond acceptors (Lipinski definition) is 0. The van der Waals surface area contributed by atoms with Crippen molar-refractivity contribution in [2.75, 3.05) is 0 Å². The summed E-state index contributed by atoms with van der Waals surface area (Å²) in [6, 6.07) is 0. The minimum Gasteiger partial charge on any atom is -0.0807 e. The Balaban J connectivity index is 2.28. The summed E-state index contributed by atoms with van der Waals surface area (Å²) in [7, 11) is 0. The molecule has 1 atom stereocenters. The molecule has 62 valence electrons. The highest BCUT2D eigenvalue weighted by Crippen LogP contribution is 2.27. The van der Waals surface area contributed by atoms with Gasteiger partial charge in [-0.15, -0.1) is 0 Å². The van der Waals surface area contributed by atoms with Gasteiger partial charge in [-0.2, -0.15) is 0 Å². The van der Waals surface area contributed by atoms with E-state index in [4.69, 9.17) is 0 Å². The molecular formula is C12H14. The Hall–Kier alpha value is -1.04. The zero-order valence-electron chi connectivity index (χ0n) is 7.24. The van der Waals surface area contributed by atoms with Crippen molar-refractivity contribution in [1.29, 1.82) is 0 Å². The first-order chi connectivity index (χ1) is 5.97. The first-order valence-electron chi connectivity index (χ1n) is 4.68. The van der Waals surface area contributed by atoms with Crippen molar-refractivity contribution >= 4 is 0 Å². The van der Waals surface area contributed by atoms with E-state index in [-0.39, 0.29) is 0 Å². The Morgan fingerprint density at radius 3 is 3.00 bits per heavy atom. The third kappa shape index (κ3) is 1.58. The maximum absolute atomic E-state index is 2.37. The second-order valence-corrected chi connectivity index (χ2v) is 3.37. The standard InChI is InChI=1S/C12H14/c1-2-4-8-12-10-6-5-9-11(12)7-3-1/h1-4,7-9,12H,5-6,10H2. The molecule has 0 bridgehead atoms. The maximum atomic E-state index is 2.37. The minimum absolute atomic E-state index is 0.681. The molecule has 12 heavy (non-hydrogen) atoms. The van der Waals surface area contributed by atoms with Crippen LogP contribution in [0.1, 0.15) is 19.3 Å². The monoisotopic (exact) mass is 158 g/mol. The Bertz CT molecular complexity index is 264. The summed E-state index contributed by atoms with van der Waals surface area (Å²) in [5.74, 6) is 0.681. The van der Waals surface area contributed by atoms with Gasteiger partial charge in [-0.3, -0.25) is 0 Å². The Morgan fingerprint density at radius 1 is 1.08 bits per heavy atom. The maximum Gasteiger partial charge on any atom is 0.00180 e. The van der Waals surface area contributed by atoms with Crippen LogP contribution in [0.15, 0.2) is 48.1 Å². The van der Waals surface area contributed by atoms with E-state index >= 15 is 0 Å². The lowest BCUT2D eigenvalue weighted by atomic mass is 9.86. The minimum atomic E-state index is 0.681. The zero-order chi connectivity index (χ0) is 8.23. The Morgan fingerprint density at radius 2 is 2.00 bits per heavy atom. The molecule has 0 heterocycles. The molecule has 0 aromatic heterocycles. The van der Waals surface area contributed by atoms with Crippen LogP contribution in [0, 0.1) is 5.92 Å². The molecule has 0 aromatic carbocycles. The SMILES string of the molecule is C1=CC=CC2CCCC=C2C=C1. The van der Waals surface area contributed by atoms with E-state index in [1.54, 1.807) is 0 Å². The molecule has 0 saturated heterocycles. The van der Waals surface area contributed by atoms with Crippen LogP contribution in [0.5, 0.6) is 0 Å². The van der Waals surface area contributed by atoms with Crippen LogP contribution < -0.4 is 0 Å². The van der Waals surface area contributed by atoms with E-state index in [1.807, 2.05) is 0 Å². The highest BCUT2D eigenvalue weighted by molar-refractivity contribution is 5.32. The van der Waals surface area contributed by atoms with Crippen molar-refractivity contribution in [2.24, 2.45) is 5.92 Å². The van der Waals surface area contributed by atoms with Crippen molar-refractivity contribution in [3.8, 4) is 0 Å². The molecule has 0 spiro atoms. The van der Waals surface area contributed by atoms with Crippen LogP contribution in [-0.2, 0) is 0 Å². The van der Waals surface area contributed by atoms with E-state index in [2.05, 4.69) is 42.5 Å². The van der Waals surface area contributed by atoms with Crippen LogP contribution >= 0.6 is 0 Å². The summed E-state index contributed by atoms with van der Waals surface area (Å²) in [6.45, 7) is 0. The predicted molar refractivity (Wildman–Crippen MR) is 52.8 cm³/mol. The highest BCUT2D eigenvalue weighted by Gasteiger charge is 2.12. The van der Waals surface area contributed by atoms with Crippen molar-refractivity contribution in [3.05, 3.63) is 48.1 Å². The van der Waals surface area contributed by atoms with Crippen LogP contribution in [0.4, 0.5) is 0 Å². The zero-order valence-corrected chi connectivity index (χ0v) is 7.24. The Labute approximate surface area is 74.0 Å². The molecule has 2 aliphatic carbocycles. The van der Waals surface area contributed by atoms with Crippen LogP contribution in [0.25, 0.3) is 0 Å². The molecular weight excluding hydrogens is 144 g/mol. The van der Waals surface area contributed by atoms with Crippen molar-refractivity contribution < 1.29 is 0 Å². The number of fused-ring (bicyclic) bond motifs is 1. The normalized spacial score (nSPS) is 27.3. The summed E-state index contributed by atoms with van der Waals surface area (Å²) in [6.07, 6.45) is 19.3. The van der Waals surface area contributed by atoms with Gasteiger partial charge in [0.1, 0.15) is 0 Å². The molecule has 1 unspecified atom stereocenters. The molecule has 2 aliphatic rings. The van der Waals surface area contributed by atoms with E-state index in [0.29, 0.717) is 5.92 Å². The molecule has 0 radical (unpaired) electrons. The molecule has 0 fully saturated rings. The average Bonchev–Trinajstić information content (AvgIpc) is 2.06. The number of rotatable bonds is 0. The van der Waals surface area contributed by atoms with Gasteiger partial charge in [-0.25, -0.2) is 0 Å². The molecule has 0 N–H and O–H groups in total. The van der Waals surface area contributed by atoms with E-state index < -0.39 is 0 Å². The lowest BCUT2D eigenvalue weighted by molar-refractivity contribution is 0.609. The van der Waals surface area contributed by atoms with Gasteiger partial charge in [0.15, 0.2) is 0 Å². The molecule has 0 amide bonds. The van der Waals surface area contributed by atoms with Crippen LogP contribution in [-0.4, -0.2) is 0 Å². The van der Waals surface area contributed by atoms with Gasteiger partial charge in [0.25, 0.3) is 0 Å². The molecule has 2 rings (SSSR count). The average molecular weight is 158 g/mol. The molecule has 0 aliphatic heterocycles. The fourth-order valence-corrected chi connectivity index (χ4v) is 1.82. The second-order valence-electron chi connectivity index (χ2n) is 3.37. The van der Waals surface area contributed by atoms with Crippen molar-refractivity contribution in [1.82, 2.24) is 0 Å². The molecule has 0 heteroatoms. The topological polar surface area (TPSA) is 0 Å². The highest BCUT2D eigenvalue weighted by atomic mass is 14.2. The first-order valence-corrected chi connectivity index (χ1v) is 4.68. The van der Waals surface area contributed by atoms with Crippen molar-refractivity contribution in [3.63, 3.8) is 0 Å². The largest absolute Gasteiger partial charge is 0.0807 e. The fraction of sp³-hybridized carbons (Fsp3) is 0.333. The summed E-state index contributed by atoms with van der Waals surface area (Å²) in [4.78, 5) is 0. The van der Waals surface area contributed by atoms with Crippen molar-refractivity contribution in [2.45, 2.75) is 19.3 Å². The fourth-order valence-electron chi connectivity index (χ4n) is 1.82. The van der Waals surface area contributed by atoms with Gasteiger partial charge in [0, 0.05) is 5.92 Å². The van der Waals surface area contributed by atoms with Crippen LogP contribution in [0.2, 0.25) is 0 Å². The summed E-state index contributed by atoms with van der Waals surface area (Å²) < 4.78 is 0. The smallest absolute Gasteiger partial charge is 0.00180 e. The van der Waals surface area contributed by atoms with Gasteiger partial charge < -0.3 is 0 Å².